The van der Waals surface area contributed by atoms with E-state index < -0.39 is 0 Å². The molecule has 2 aliphatic rings. The van der Waals surface area contributed by atoms with Gasteiger partial charge in [-0.25, -0.2) is 9.97 Å². The third kappa shape index (κ3) is 5.14. The molecule has 0 radical (unpaired) electrons. The Kier molecular flexibility index (Phi) is 7.00. The van der Waals surface area contributed by atoms with Crippen LogP contribution in [0.3, 0.4) is 0 Å². The van der Waals surface area contributed by atoms with Crippen molar-refractivity contribution >= 4 is 29.2 Å². The summed E-state index contributed by atoms with van der Waals surface area (Å²) >= 11 is 1.53. The van der Waals surface area contributed by atoms with Gasteiger partial charge in [-0.15, -0.1) is 0 Å². The third-order valence-electron chi connectivity index (χ3n) is 6.48. The Morgan fingerprint density at radius 1 is 1.06 bits per heavy atom. The molecule has 1 aromatic heterocycles. The zero-order valence-corrected chi connectivity index (χ0v) is 19.7. The molecule has 3 heterocycles. The van der Waals surface area contributed by atoms with Crippen molar-refractivity contribution in [3.63, 3.8) is 0 Å². The number of aromatic nitrogens is 2. The van der Waals surface area contributed by atoms with E-state index in [1.807, 2.05) is 4.90 Å². The van der Waals surface area contributed by atoms with Gasteiger partial charge < -0.3 is 14.7 Å². The molecule has 0 bridgehead atoms. The van der Waals surface area contributed by atoms with Gasteiger partial charge in [0, 0.05) is 57.3 Å². The van der Waals surface area contributed by atoms with E-state index in [-0.39, 0.29) is 5.91 Å². The lowest BCUT2D eigenvalue weighted by Gasteiger charge is -2.38. The van der Waals surface area contributed by atoms with Crippen molar-refractivity contribution < 1.29 is 4.79 Å². The SMILES string of the molecule is Cc1cccc(N2CCN(c3nccnc3SCC(=O)N3CCCC(C)C3)CC2)c1C. The number of carbonyl (C=O) groups excluding carboxylic acids is 1. The fraction of sp³-hybridized carbons (Fsp3) is 0.542. The summed E-state index contributed by atoms with van der Waals surface area (Å²) in [7, 11) is 0. The monoisotopic (exact) mass is 439 g/mol. The van der Waals surface area contributed by atoms with Gasteiger partial charge in [-0.1, -0.05) is 30.8 Å². The van der Waals surface area contributed by atoms with Gasteiger partial charge in [0.05, 0.1) is 5.75 Å². The molecule has 7 heteroatoms. The highest BCUT2D eigenvalue weighted by molar-refractivity contribution is 8.00. The van der Waals surface area contributed by atoms with Gasteiger partial charge in [-0.05, 0) is 49.8 Å². The lowest BCUT2D eigenvalue weighted by atomic mass is 10.0. The summed E-state index contributed by atoms with van der Waals surface area (Å²) in [4.78, 5) is 28.7. The van der Waals surface area contributed by atoms with E-state index in [0.29, 0.717) is 11.7 Å². The standard InChI is InChI=1S/C24H33N5OS/c1-18-6-5-11-29(16-18)22(30)17-31-24-23(25-9-10-26-24)28-14-12-27(13-15-28)21-8-4-7-19(2)20(21)3/h4,7-10,18H,5-6,11-17H2,1-3H3. The number of amides is 1. The summed E-state index contributed by atoms with van der Waals surface area (Å²) in [6, 6.07) is 6.53. The van der Waals surface area contributed by atoms with E-state index in [1.165, 1.54) is 35.0 Å². The average Bonchev–Trinajstić information content (AvgIpc) is 2.80. The minimum absolute atomic E-state index is 0.216. The van der Waals surface area contributed by atoms with Crippen molar-refractivity contribution in [3.8, 4) is 0 Å². The fourth-order valence-electron chi connectivity index (χ4n) is 4.51. The number of hydrogen-bond donors (Lipinski definition) is 0. The summed E-state index contributed by atoms with van der Waals surface area (Å²) in [5.41, 5.74) is 4.02. The molecule has 2 fully saturated rings. The molecule has 0 spiro atoms. The number of thioether (sulfide) groups is 1. The molecule has 0 N–H and O–H groups in total. The van der Waals surface area contributed by atoms with E-state index in [4.69, 9.17) is 0 Å². The maximum atomic E-state index is 12.7. The molecular formula is C24H33N5OS. The van der Waals surface area contributed by atoms with Crippen LogP contribution in [0.2, 0.25) is 0 Å². The number of likely N-dealkylation sites (tertiary alicyclic amines) is 1. The second-order valence-corrected chi connectivity index (χ2v) is 9.72. The third-order valence-corrected chi connectivity index (χ3v) is 7.44. The highest BCUT2D eigenvalue weighted by Crippen LogP contribution is 2.29. The molecule has 0 saturated carbocycles. The number of benzene rings is 1. The maximum Gasteiger partial charge on any atom is 0.233 e. The molecule has 2 aliphatic heterocycles. The molecule has 2 aromatic rings. The highest BCUT2D eigenvalue weighted by Gasteiger charge is 2.24. The number of anilines is 2. The zero-order valence-electron chi connectivity index (χ0n) is 18.9. The van der Waals surface area contributed by atoms with Gasteiger partial charge in [0.25, 0.3) is 0 Å². The van der Waals surface area contributed by atoms with Crippen molar-refractivity contribution in [3.05, 3.63) is 41.7 Å². The summed E-state index contributed by atoms with van der Waals surface area (Å²) in [5.74, 6) is 2.16. The van der Waals surface area contributed by atoms with Crippen molar-refractivity contribution in [1.29, 1.82) is 0 Å². The Labute approximate surface area is 190 Å². The zero-order chi connectivity index (χ0) is 21.8. The first-order valence-corrected chi connectivity index (χ1v) is 12.3. The number of nitrogens with zero attached hydrogens (tertiary/aromatic N) is 5. The van der Waals surface area contributed by atoms with Crippen LogP contribution < -0.4 is 9.80 Å². The molecule has 6 nitrogen and oxygen atoms in total. The number of piperidine rings is 1. The maximum absolute atomic E-state index is 12.7. The van der Waals surface area contributed by atoms with E-state index in [9.17, 15) is 4.79 Å². The first-order valence-electron chi connectivity index (χ1n) is 11.3. The van der Waals surface area contributed by atoms with Crippen LogP contribution in [0.15, 0.2) is 35.6 Å². The number of piperazine rings is 1. The fourth-order valence-corrected chi connectivity index (χ4v) is 5.40. The molecule has 1 unspecified atom stereocenters. The molecule has 1 amide bonds. The van der Waals surface area contributed by atoms with Crippen LogP contribution in [0.5, 0.6) is 0 Å². The largest absolute Gasteiger partial charge is 0.368 e. The second-order valence-electron chi connectivity index (χ2n) is 8.75. The quantitative estimate of drug-likeness (QED) is 0.661. The highest BCUT2D eigenvalue weighted by atomic mass is 32.2. The van der Waals surface area contributed by atoms with E-state index in [1.54, 1.807) is 12.4 Å². The minimum atomic E-state index is 0.216. The van der Waals surface area contributed by atoms with Gasteiger partial charge >= 0.3 is 0 Å². The topological polar surface area (TPSA) is 52.6 Å². The average molecular weight is 440 g/mol. The first kappa shape index (κ1) is 21.9. The van der Waals surface area contributed by atoms with E-state index in [2.05, 4.69) is 58.7 Å². The second kappa shape index (κ2) is 9.90. The van der Waals surface area contributed by atoms with Gasteiger partial charge in [0.15, 0.2) is 5.82 Å². The van der Waals surface area contributed by atoms with Gasteiger partial charge in [-0.3, -0.25) is 4.79 Å². The Bertz CT molecular complexity index is 913. The molecule has 2 saturated heterocycles. The summed E-state index contributed by atoms with van der Waals surface area (Å²) < 4.78 is 0. The smallest absolute Gasteiger partial charge is 0.233 e. The Morgan fingerprint density at radius 2 is 1.81 bits per heavy atom. The van der Waals surface area contributed by atoms with Crippen LogP contribution in [0.25, 0.3) is 0 Å². The van der Waals surface area contributed by atoms with Gasteiger partial charge in [0.1, 0.15) is 5.03 Å². The number of aryl methyl sites for hydroxylation is 1. The lowest BCUT2D eigenvalue weighted by Crippen LogP contribution is -2.47. The Hall–Kier alpha value is -2.28. The number of rotatable bonds is 5. The van der Waals surface area contributed by atoms with Crippen LogP contribution in [0.4, 0.5) is 11.5 Å². The Balaban J connectivity index is 1.38. The van der Waals surface area contributed by atoms with Gasteiger partial charge in [-0.2, -0.15) is 0 Å². The van der Waals surface area contributed by atoms with Crippen LogP contribution in [0, 0.1) is 19.8 Å². The van der Waals surface area contributed by atoms with Crippen molar-refractivity contribution in [1.82, 2.24) is 14.9 Å². The summed E-state index contributed by atoms with van der Waals surface area (Å²) in [6.07, 6.45) is 5.81. The van der Waals surface area contributed by atoms with E-state index in [0.717, 1.165) is 56.5 Å². The molecule has 1 atom stereocenters. The van der Waals surface area contributed by atoms with Crippen molar-refractivity contribution in [2.45, 2.75) is 38.6 Å². The normalized spacial score (nSPS) is 19.6. The van der Waals surface area contributed by atoms with Crippen molar-refractivity contribution in [2.75, 3.05) is 54.8 Å². The number of carbonyl (C=O) groups is 1. The lowest BCUT2D eigenvalue weighted by molar-refractivity contribution is -0.130. The minimum Gasteiger partial charge on any atom is -0.368 e. The van der Waals surface area contributed by atoms with Crippen LogP contribution in [0.1, 0.15) is 30.9 Å². The van der Waals surface area contributed by atoms with E-state index >= 15 is 0 Å². The molecule has 166 valence electrons. The van der Waals surface area contributed by atoms with Gasteiger partial charge in [0.2, 0.25) is 5.91 Å². The predicted molar refractivity (Wildman–Crippen MR) is 128 cm³/mol. The van der Waals surface area contributed by atoms with Crippen molar-refractivity contribution in [2.24, 2.45) is 5.92 Å². The van der Waals surface area contributed by atoms with Crippen LogP contribution >= 0.6 is 11.8 Å². The molecule has 1 aromatic carbocycles. The first-order chi connectivity index (χ1) is 15.0. The van der Waals surface area contributed by atoms with Crippen LogP contribution in [-0.4, -0.2) is 65.8 Å². The molecular weight excluding hydrogens is 406 g/mol. The van der Waals surface area contributed by atoms with Crippen LogP contribution in [-0.2, 0) is 4.79 Å². The summed E-state index contributed by atoms with van der Waals surface area (Å²) in [6.45, 7) is 12.1. The predicted octanol–water partition coefficient (Wildman–Crippen LogP) is 3.77. The summed E-state index contributed by atoms with van der Waals surface area (Å²) in [5, 5.41) is 0.862. The molecule has 0 aliphatic carbocycles. The molecule has 31 heavy (non-hydrogen) atoms. The Morgan fingerprint density at radius 3 is 2.58 bits per heavy atom. The number of hydrogen-bond acceptors (Lipinski definition) is 6. The molecule has 4 rings (SSSR count).